The SMILES string of the molecule is CC(C)[C@H](CO)N1C(=O)[C@H]2[C@@H]3C(=O)O[C@@H](c4ccccc4)[C@H](C)NC(=O)CC/C=C\[C@@H]3O[C@]23C=CCN(c2ccccc2Cl)C(=O)[C@H]13. The van der Waals surface area contributed by atoms with Crippen molar-refractivity contribution in [3.8, 4) is 0 Å². The predicted octanol–water partition coefficient (Wildman–Crippen LogP) is 3.98. The maximum absolute atomic E-state index is 14.8. The molecule has 8 atom stereocenters. The molecule has 11 heteroatoms. The molecule has 4 aliphatic heterocycles. The molecule has 4 heterocycles. The number of carbonyl (C=O) groups excluding carboxylic acids is 4. The van der Waals surface area contributed by atoms with Crippen molar-refractivity contribution in [3.63, 3.8) is 0 Å². The van der Waals surface area contributed by atoms with E-state index in [0.29, 0.717) is 22.7 Å². The summed E-state index contributed by atoms with van der Waals surface area (Å²) in [4.78, 5) is 59.7. The van der Waals surface area contributed by atoms with Gasteiger partial charge in [-0.05, 0) is 37.0 Å². The average molecular weight is 662 g/mol. The minimum atomic E-state index is -1.55. The van der Waals surface area contributed by atoms with Gasteiger partial charge in [0.2, 0.25) is 11.8 Å². The molecule has 1 spiro atoms. The minimum Gasteiger partial charge on any atom is -0.455 e. The van der Waals surface area contributed by atoms with Crippen LogP contribution in [0.25, 0.3) is 0 Å². The highest BCUT2D eigenvalue weighted by molar-refractivity contribution is 6.34. The maximum Gasteiger partial charge on any atom is 0.313 e. The molecule has 2 aromatic rings. The van der Waals surface area contributed by atoms with Crippen LogP contribution in [0.3, 0.4) is 0 Å². The zero-order chi connectivity index (χ0) is 33.5. The summed E-state index contributed by atoms with van der Waals surface area (Å²) in [6, 6.07) is 13.6. The summed E-state index contributed by atoms with van der Waals surface area (Å²) >= 11 is 6.56. The molecule has 2 fully saturated rings. The smallest absolute Gasteiger partial charge is 0.313 e. The number of benzene rings is 2. The predicted molar refractivity (Wildman–Crippen MR) is 175 cm³/mol. The van der Waals surface area contributed by atoms with Crippen molar-refractivity contribution >= 4 is 41.0 Å². The third-order valence-corrected chi connectivity index (χ3v) is 10.1. The third kappa shape index (κ3) is 5.76. The van der Waals surface area contributed by atoms with E-state index < -0.39 is 72.2 Å². The second kappa shape index (κ2) is 13.3. The number of carbonyl (C=O) groups is 4. The van der Waals surface area contributed by atoms with Gasteiger partial charge in [-0.25, -0.2) is 0 Å². The molecule has 4 aliphatic rings. The molecule has 2 saturated heterocycles. The number of amides is 3. The Hall–Kier alpha value is -3.99. The van der Waals surface area contributed by atoms with Gasteiger partial charge in [-0.1, -0.05) is 92.2 Å². The average Bonchev–Trinajstić information content (AvgIpc) is 3.43. The second-order valence-corrected chi connectivity index (χ2v) is 13.4. The molecule has 248 valence electrons. The van der Waals surface area contributed by atoms with Crippen molar-refractivity contribution < 1.29 is 33.8 Å². The fourth-order valence-corrected chi connectivity index (χ4v) is 7.75. The van der Waals surface area contributed by atoms with E-state index in [1.165, 1.54) is 9.80 Å². The molecule has 0 aliphatic carbocycles. The first-order valence-electron chi connectivity index (χ1n) is 16.1. The van der Waals surface area contributed by atoms with Crippen LogP contribution in [0.5, 0.6) is 0 Å². The number of nitrogens with zero attached hydrogens (tertiary/aromatic N) is 2. The Labute approximate surface area is 279 Å². The molecule has 6 rings (SSSR count). The second-order valence-electron chi connectivity index (χ2n) is 13.0. The lowest BCUT2D eigenvalue weighted by atomic mass is 9.77. The molecular weight excluding hydrogens is 622 g/mol. The number of hydrogen-bond acceptors (Lipinski definition) is 7. The molecule has 0 unspecified atom stereocenters. The lowest BCUT2D eigenvalue weighted by molar-refractivity contribution is -0.162. The van der Waals surface area contributed by atoms with E-state index in [9.17, 15) is 24.3 Å². The number of aliphatic hydroxyl groups is 1. The van der Waals surface area contributed by atoms with E-state index in [2.05, 4.69) is 5.32 Å². The van der Waals surface area contributed by atoms with E-state index >= 15 is 0 Å². The molecule has 0 saturated carbocycles. The number of para-hydroxylation sites is 1. The summed E-state index contributed by atoms with van der Waals surface area (Å²) in [5.41, 5.74) is -0.390. The van der Waals surface area contributed by atoms with E-state index in [0.717, 1.165) is 0 Å². The van der Waals surface area contributed by atoms with Gasteiger partial charge >= 0.3 is 5.97 Å². The molecule has 2 aromatic carbocycles. The zero-order valence-electron chi connectivity index (χ0n) is 26.6. The summed E-state index contributed by atoms with van der Waals surface area (Å²) in [6.45, 7) is 5.28. The molecule has 0 bridgehead atoms. The van der Waals surface area contributed by atoms with Crippen molar-refractivity contribution in [2.24, 2.45) is 17.8 Å². The Kier molecular flexibility index (Phi) is 9.29. The van der Waals surface area contributed by atoms with Crippen LogP contribution in [-0.4, -0.2) is 76.7 Å². The van der Waals surface area contributed by atoms with Crippen molar-refractivity contribution in [3.05, 3.63) is 89.5 Å². The van der Waals surface area contributed by atoms with Crippen molar-refractivity contribution in [2.45, 2.75) is 69.5 Å². The minimum absolute atomic E-state index is 0.154. The van der Waals surface area contributed by atoms with Crippen LogP contribution in [0.15, 0.2) is 78.9 Å². The van der Waals surface area contributed by atoms with Crippen LogP contribution in [-0.2, 0) is 28.7 Å². The molecule has 0 radical (unpaired) electrons. The van der Waals surface area contributed by atoms with Gasteiger partial charge in [0, 0.05) is 13.0 Å². The van der Waals surface area contributed by atoms with Crippen LogP contribution in [0.2, 0.25) is 5.02 Å². The Morgan fingerprint density at radius 1 is 1.02 bits per heavy atom. The molecular formula is C36H40ClN3O7. The first-order chi connectivity index (χ1) is 22.6. The fourth-order valence-electron chi connectivity index (χ4n) is 7.51. The molecule has 47 heavy (non-hydrogen) atoms. The number of rotatable bonds is 5. The van der Waals surface area contributed by atoms with Crippen molar-refractivity contribution in [1.29, 1.82) is 0 Å². The largest absolute Gasteiger partial charge is 0.455 e. The first kappa shape index (κ1) is 32.9. The Morgan fingerprint density at radius 3 is 2.45 bits per heavy atom. The zero-order valence-corrected chi connectivity index (χ0v) is 27.4. The molecule has 10 nitrogen and oxygen atoms in total. The van der Waals surface area contributed by atoms with Crippen LogP contribution in [0.4, 0.5) is 5.69 Å². The van der Waals surface area contributed by atoms with Gasteiger partial charge in [0.15, 0.2) is 0 Å². The number of aliphatic hydroxyl groups excluding tert-OH is 1. The Bertz CT molecular complexity index is 1600. The number of fused-ring (bicyclic) bond motifs is 2. The van der Waals surface area contributed by atoms with Gasteiger partial charge in [0.05, 0.1) is 41.4 Å². The fraction of sp³-hybridized carbons (Fsp3) is 0.444. The summed E-state index contributed by atoms with van der Waals surface area (Å²) in [7, 11) is 0. The first-order valence-corrected chi connectivity index (χ1v) is 16.5. The highest BCUT2D eigenvalue weighted by Gasteiger charge is 2.72. The number of cyclic esters (lactones) is 1. The van der Waals surface area contributed by atoms with Gasteiger partial charge in [0.1, 0.15) is 23.7 Å². The normalized spacial score (nSPS) is 32.4. The summed E-state index contributed by atoms with van der Waals surface area (Å²) in [5, 5.41) is 13.9. The number of ether oxygens (including phenoxy) is 2. The van der Waals surface area contributed by atoms with Gasteiger partial charge in [-0.2, -0.15) is 0 Å². The molecule has 3 amide bonds. The summed E-state index contributed by atoms with van der Waals surface area (Å²) < 4.78 is 13.0. The number of allylic oxidation sites excluding steroid dienone is 1. The van der Waals surface area contributed by atoms with E-state index in [4.69, 9.17) is 21.1 Å². The molecule has 2 N–H and O–H groups in total. The Balaban J connectivity index is 1.48. The summed E-state index contributed by atoms with van der Waals surface area (Å²) in [5.74, 6) is -4.23. The van der Waals surface area contributed by atoms with E-state index in [1.54, 1.807) is 55.5 Å². The number of halogens is 1. The monoisotopic (exact) mass is 661 g/mol. The van der Waals surface area contributed by atoms with E-state index in [1.807, 2.05) is 44.2 Å². The number of nitrogens with one attached hydrogen (secondary N) is 1. The summed E-state index contributed by atoms with van der Waals surface area (Å²) in [6.07, 6.45) is 5.79. The highest BCUT2D eigenvalue weighted by atomic mass is 35.5. The van der Waals surface area contributed by atoms with Crippen LogP contribution in [0.1, 0.15) is 45.3 Å². The quantitative estimate of drug-likeness (QED) is 0.367. The Morgan fingerprint density at radius 2 is 1.74 bits per heavy atom. The standard InChI is InChI=1S/C36H40ClN3O7/c1-21(2)26(20-41)40-32-34(44)39(25-15-8-7-14-24(25)37)19-11-18-36(32)30(33(40)43)29-27(47-36)16-9-10-17-28(42)38-22(3)31(46-35(29)45)23-12-5-4-6-13-23/h4-9,11-16,18,21-22,26-27,29-32,41H,10,17,19-20H2,1-3H3,(H,38,42)/b16-9-/t22-,26-,27-,29+,30+,31+,32-,36+/m0/s1. The highest BCUT2D eigenvalue weighted by Crippen LogP contribution is 2.54. The van der Waals surface area contributed by atoms with Crippen LogP contribution in [0, 0.1) is 17.8 Å². The lowest BCUT2D eigenvalue weighted by Gasteiger charge is -2.40. The number of anilines is 1. The van der Waals surface area contributed by atoms with Crippen molar-refractivity contribution in [1.82, 2.24) is 10.2 Å². The number of hydrogen-bond donors (Lipinski definition) is 2. The van der Waals surface area contributed by atoms with Gasteiger partial charge in [0.25, 0.3) is 5.91 Å². The third-order valence-electron chi connectivity index (χ3n) is 9.74. The van der Waals surface area contributed by atoms with Crippen LogP contribution < -0.4 is 10.2 Å². The maximum atomic E-state index is 14.8. The van der Waals surface area contributed by atoms with Gasteiger partial charge in [-0.3, -0.25) is 19.2 Å². The lowest BCUT2D eigenvalue weighted by Crippen LogP contribution is -2.59. The van der Waals surface area contributed by atoms with Crippen molar-refractivity contribution in [2.75, 3.05) is 18.1 Å². The van der Waals surface area contributed by atoms with Gasteiger partial charge < -0.3 is 29.7 Å². The topological polar surface area (TPSA) is 125 Å². The number of likely N-dealkylation sites (tertiary alicyclic amines) is 1. The molecule has 0 aromatic heterocycles. The van der Waals surface area contributed by atoms with Gasteiger partial charge in [-0.15, -0.1) is 0 Å². The van der Waals surface area contributed by atoms with E-state index in [-0.39, 0.29) is 24.8 Å². The van der Waals surface area contributed by atoms with Crippen LogP contribution >= 0.6 is 11.6 Å². The number of esters is 1.